The fraction of sp³-hybridized carbons (Fsp3) is 0.346. The highest BCUT2D eigenvalue weighted by Gasteiger charge is 2.23. The number of pyridine rings is 1. The number of nitrogens with zero attached hydrogens (tertiary/aromatic N) is 4. The molecule has 0 atom stereocenters. The zero-order valence-electron chi connectivity index (χ0n) is 18.7. The van der Waals surface area contributed by atoms with Crippen molar-refractivity contribution in [3.8, 4) is 11.1 Å². The lowest BCUT2D eigenvalue weighted by Crippen LogP contribution is -2.49. The quantitative estimate of drug-likeness (QED) is 0.504. The Kier molecular flexibility index (Phi) is 7.20. The third-order valence-electron chi connectivity index (χ3n) is 6.07. The molecule has 2 aromatic rings. The molecule has 2 aliphatic rings. The van der Waals surface area contributed by atoms with Gasteiger partial charge in [0.05, 0.1) is 13.5 Å². The molecule has 4 rings (SSSR count). The van der Waals surface area contributed by atoms with Gasteiger partial charge in [-0.2, -0.15) is 0 Å². The van der Waals surface area contributed by atoms with E-state index in [1.807, 2.05) is 49.5 Å². The number of allylic oxidation sites excluding steroid dienone is 2. The lowest BCUT2D eigenvalue weighted by molar-refractivity contribution is 0.112. The Morgan fingerprint density at radius 1 is 1.09 bits per heavy atom. The molecule has 2 radical (unpaired) electrons. The summed E-state index contributed by atoms with van der Waals surface area (Å²) in [6.07, 6.45) is 12.3. The van der Waals surface area contributed by atoms with Crippen molar-refractivity contribution in [2.45, 2.75) is 32.5 Å². The molecule has 0 saturated carbocycles. The summed E-state index contributed by atoms with van der Waals surface area (Å²) in [5, 5.41) is 0. The smallest absolute Gasteiger partial charge is 0.150 e. The summed E-state index contributed by atoms with van der Waals surface area (Å²) >= 11 is 0. The maximum atomic E-state index is 11.8. The summed E-state index contributed by atoms with van der Waals surface area (Å²) in [4.78, 5) is 26.1. The van der Waals surface area contributed by atoms with Crippen LogP contribution in [0.15, 0.2) is 53.7 Å². The minimum Gasteiger partial charge on any atom is -0.357 e. The third kappa shape index (κ3) is 4.69. The lowest BCUT2D eigenvalue weighted by atomic mass is 9.89. The van der Waals surface area contributed by atoms with Crippen molar-refractivity contribution in [3.05, 3.63) is 65.5 Å². The second kappa shape index (κ2) is 10.4. The van der Waals surface area contributed by atoms with E-state index in [-0.39, 0.29) is 0 Å². The Labute approximate surface area is 192 Å². The van der Waals surface area contributed by atoms with Crippen molar-refractivity contribution in [1.29, 1.82) is 0 Å². The summed E-state index contributed by atoms with van der Waals surface area (Å²) in [5.74, 6) is 2.13. The van der Waals surface area contributed by atoms with Crippen molar-refractivity contribution in [2.75, 3.05) is 31.1 Å². The van der Waals surface area contributed by atoms with Crippen LogP contribution >= 0.6 is 0 Å². The van der Waals surface area contributed by atoms with Gasteiger partial charge in [-0.25, -0.2) is 9.98 Å². The summed E-state index contributed by atoms with van der Waals surface area (Å²) < 4.78 is 0. The Bertz CT molecular complexity index is 1050. The molecule has 1 aromatic heterocycles. The van der Waals surface area contributed by atoms with Gasteiger partial charge < -0.3 is 9.80 Å². The SMILES string of the molecule is [B]CCc1c(-c2ccccc2C=O)cc(N2CCN(C3=NC=CCC3)CC2)nc1/C=C\C. The molecule has 1 aromatic carbocycles. The Morgan fingerprint density at radius 3 is 2.56 bits per heavy atom. The normalized spacial score (nSPS) is 16.5. The van der Waals surface area contributed by atoms with E-state index in [0.717, 1.165) is 73.5 Å². The van der Waals surface area contributed by atoms with E-state index in [2.05, 4.69) is 26.9 Å². The zero-order valence-corrected chi connectivity index (χ0v) is 18.7. The topological polar surface area (TPSA) is 48.8 Å². The van der Waals surface area contributed by atoms with E-state index in [4.69, 9.17) is 12.8 Å². The van der Waals surface area contributed by atoms with Crippen LogP contribution in [0, 0.1) is 0 Å². The molecule has 0 bridgehead atoms. The van der Waals surface area contributed by atoms with Crippen LogP contribution in [0.4, 0.5) is 5.82 Å². The fourth-order valence-corrected chi connectivity index (χ4v) is 4.45. The van der Waals surface area contributed by atoms with E-state index in [9.17, 15) is 4.79 Å². The maximum absolute atomic E-state index is 11.8. The van der Waals surface area contributed by atoms with E-state index >= 15 is 0 Å². The van der Waals surface area contributed by atoms with Gasteiger partial charge >= 0.3 is 0 Å². The largest absolute Gasteiger partial charge is 0.357 e. The van der Waals surface area contributed by atoms with E-state index in [1.165, 1.54) is 5.84 Å². The molecule has 3 heterocycles. The monoisotopic (exact) mass is 424 g/mol. The van der Waals surface area contributed by atoms with Gasteiger partial charge in [0.1, 0.15) is 11.7 Å². The van der Waals surface area contributed by atoms with Gasteiger partial charge in [0.15, 0.2) is 6.29 Å². The zero-order chi connectivity index (χ0) is 22.3. The minimum absolute atomic E-state index is 0.525. The average Bonchev–Trinajstić information content (AvgIpc) is 2.86. The van der Waals surface area contributed by atoms with Crippen molar-refractivity contribution >= 4 is 31.9 Å². The highest BCUT2D eigenvalue weighted by atomic mass is 16.1. The summed E-state index contributed by atoms with van der Waals surface area (Å²) in [6, 6.07) is 9.88. The molecule has 0 N–H and O–H groups in total. The highest BCUT2D eigenvalue weighted by Crippen LogP contribution is 2.33. The van der Waals surface area contributed by atoms with Gasteiger partial charge in [0, 0.05) is 44.4 Å². The number of carbonyl (C=O) groups excluding carboxylic acids is 1. The molecule has 0 unspecified atom stereocenters. The van der Waals surface area contributed by atoms with Crippen LogP contribution in [0.5, 0.6) is 0 Å². The van der Waals surface area contributed by atoms with Crippen LogP contribution in [0.2, 0.25) is 6.32 Å². The van der Waals surface area contributed by atoms with Crippen molar-refractivity contribution in [2.24, 2.45) is 4.99 Å². The molecule has 32 heavy (non-hydrogen) atoms. The second-order valence-electron chi connectivity index (χ2n) is 8.08. The van der Waals surface area contributed by atoms with Crippen molar-refractivity contribution in [3.63, 3.8) is 0 Å². The molecule has 1 fully saturated rings. The lowest BCUT2D eigenvalue weighted by Gasteiger charge is -2.38. The standard InChI is InChI=1S/C26H29BN4O/c1-2-7-24-22(11-12-27)23(21-9-4-3-8-20(21)19-32)18-26(29-24)31-16-14-30(15-17-31)25-10-5-6-13-28-25/h2-4,6-9,13,18-19H,5,10-12,14-17H2,1H3/b7-2-. The van der Waals surface area contributed by atoms with Gasteiger partial charge in [-0.05, 0) is 48.6 Å². The molecule has 2 aliphatic heterocycles. The summed E-state index contributed by atoms with van der Waals surface area (Å²) in [7, 11) is 5.96. The predicted molar refractivity (Wildman–Crippen MR) is 134 cm³/mol. The van der Waals surface area contributed by atoms with Crippen LogP contribution in [0.3, 0.4) is 0 Å². The Morgan fingerprint density at radius 2 is 1.88 bits per heavy atom. The molecular formula is C26H29BN4O. The van der Waals surface area contributed by atoms with Crippen LogP contribution in [0.25, 0.3) is 17.2 Å². The molecule has 6 heteroatoms. The second-order valence-corrected chi connectivity index (χ2v) is 8.08. The summed E-state index contributed by atoms with van der Waals surface area (Å²) in [5.41, 5.74) is 4.67. The van der Waals surface area contributed by atoms with Crippen LogP contribution in [-0.2, 0) is 6.42 Å². The Balaban J connectivity index is 1.70. The fourth-order valence-electron chi connectivity index (χ4n) is 4.45. The third-order valence-corrected chi connectivity index (χ3v) is 6.07. The van der Waals surface area contributed by atoms with Crippen molar-refractivity contribution in [1.82, 2.24) is 9.88 Å². The van der Waals surface area contributed by atoms with Crippen LogP contribution in [-0.4, -0.2) is 56.0 Å². The number of rotatable bonds is 6. The van der Waals surface area contributed by atoms with Gasteiger partial charge in [0.25, 0.3) is 0 Å². The number of amidine groups is 1. The number of aromatic nitrogens is 1. The first-order valence-electron chi connectivity index (χ1n) is 11.4. The predicted octanol–water partition coefficient (Wildman–Crippen LogP) is 4.55. The number of carbonyl (C=O) groups is 1. The number of benzene rings is 1. The number of aliphatic imine (C=N–C) groups is 1. The minimum atomic E-state index is 0.525. The molecule has 0 amide bonds. The molecular weight excluding hydrogens is 395 g/mol. The van der Waals surface area contributed by atoms with Crippen molar-refractivity contribution < 1.29 is 4.79 Å². The Hall–Kier alpha value is -3.15. The van der Waals surface area contributed by atoms with Gasteiger partial charge in [-0.15, -0.1) is 0 Å². The number of piperazine rings is 1. The van der Waals surface area contributed by atoms with Gasteiger partial charge in [-0.1, -0.05) is 42.7 Å². The van der Waals surface area contributed by atoms with E-state index in [0.29, 0.717) is 18.3 Å². The number of anilines is 1. The first-order chi connectivity index (χ1) is 15.7. The van der Waals surface area contributed by atoms with Crippen LogP contribution in [0.1, 0.15) is 41.4 Å². The van der Waals surface area contributed by atoms with Gasteiger partial charge in [0.2, 0.25) is 0 Å². The molecule has 0 spiro atoms. The van der Waals surface area contributed by atoms with Gasteiger partial charge in [-0.3, -0.25) is 4.79 Å². The highest BCUT2D eigenvalue weighted by molar-refractivity contribution is 6.08. The first-order valence-corrected chi connectivity index (χ1v) is 11.4. The molecule has 162 valence electrons. The molecule has 1 saturated heterocycles. The molecule has 5 nitrogen and oxygen atoms in total. The summed E-state index contributed by atoms with van der Waals surface area (Å²) in [6.45, 7) is 5.62. The number of hydrogen-bond acceptors (Lipinski definition) is 5. The average molecular weight is 424 g/mol. The maximum Gasteiger partial charge on any atom is 0.150 e. The number of aldehydes is 1. The van der Waals surface area contributed by atoms with E-state index in [1.54, 1.807) is 0 Å². The first kappa shape index (κ1) is 22.1. The van der Waals surface area contributed by atoms with Crippen LogP contribution < -0.4 is 4.90 Å². The van der Waals surface area contributed by atoms with E-state index < -0.39 is 0 Å². The number of hydrogen-bond donors (Lipinski definition) is 0. The molecule has 0 aliphatic carbocycles.